The van der Waals surface area contributed by atoms with Gasteiger partial charge >= 0.3 is 0 Å². The molecular weight excluding hydrogens is 334 g/mol. The van der Waals surface area contributed by atoms with E-state index in [1.807, 2.05) is 26.8 Å². The number of hydrogen-bond donors (Lipinski definition) is 3. The number of hydrogen-bond acceptors (Lipinski definition) is 5. The molecule has 0 aliphatic heterocycles. The highest BCUT2D eigenvalue weighted by Gasteiger charge is 2.24. The third-order valence-electron chi connectivity index (χ3n) is 4.64. The topological polar surface area (TPSA) is 102 Å². The van der Waals surface area contributed by atoms with Crippen LogP contribution in [0.15, 0.2) is 12.1 Å². The van der Waals surface area contributed by atoms with Gasteiger partial charge in [0.15, 0.2) is 0 Å². The number of nitrogen functional groups attached to an aromatic ring is 1. The van der Waals surface area contributed by atoms with Crippen molar-refractivity contribution in [2.45, 2.75) is 34.1 Å². The monoisotopic (exact) mass is 355 g/mol. The highest BCUT2D eigenvalue weighted by molar-refractivity contribution is 7.19. The number of aryl methyl sites for hydroxylation is 3. The molecule has 5 nitrogen and oxygen atoms in total. The number of thiophene rings is 1. The van der Waals surface area contributed by atoms with Crippen molar-refractivity contribution in [2.75, 3.05) is 5.73 Å². The van der Waals surface area contributed by atoms with Gasteiger partial charge in [0.2, 0.25) is 0 Å². The number of aromatic hydroxyl groups is 1. The first-order valence-electron chi connectivity index (χ1n) is 8.08. The molecule has 2 heterocycles. The Morgan fingerprint density at radius 1 is 1.24 bits per heavy atom. The molecule has 0 aliphatic rings. The lowest BCUT2D eigenvalue weighted by Crippen LogP contribution is -2.15. The average molecular weight is 355 g/mol. The Hall–Kier alpha value is -2.60. The summed E-state index contributed by atoms with van der Waals surface area (Å²) < 4.78 is 0.735. The Morgan fingerprint density at radius 3 is 2.52 bits per heavy atom. The molecular formula is C19H21N3O2S. The highest BCUT2D eigenvalue weighted by Crippen LogP contribution is 2.41. The summed E-state index contributed by atoms with van der Waals surface area (Å²) in [4.78, 5) is 18.1. The molecule has 1 amide bonds. The number of primary amides is 1. The number of fused-ring (bicyclic) bond motifs is 1. The summed E-state index contributed by atoms with van der Waals surface area (Å²) in [6.07, 6.45) is 0.852. The minimum Gasteiger partial charge on any atom is -0.508 e. The highest BCUT2D eigenvalue weighted by atomic mass is 32.1. The molecule has 5 N–H and O–H groups in total. The summed E-state index contributed by atoms with van der Waals surface area (Å²) in [6.45, 7) is 7.80. The van der Waals surface area contributed by atoms with Crippen molar-refractivity contribution in [2.24, 2.45) is 5.73 Å². The molecule has 6 heteroatoms. The number of rotatable bonds is 3. The minimum absolute atomic E-state index is 0.166. The number of aromatic nitrogens is 1. The van der Waals surface area contributed by atoms with E-state index >= 15 is 0 Å². The lowest BCUT2D eigenvalue weighted by atomic mass is 9.95. The van der Waals surface area contributed by atoms with Crippen molar-refractivity contribution in [3.63, 3.8) is 0 Å². The molecule has 0 spiro atoms. The number of nitrogens with two attached hydrogens (primary N) is 2. The lowest BCUT2D eigenvalue weighted by molar-refractivity contribution is 0.100. The quantitative estimate of drug-likeness (QED) is 0.664. The number of carbonyl (C=O) groups excluding carboxylic acids is 1. The van der Waals surface area contributed by atoms with Gasteiger partial charge in [-0.15, -0.1) is 11.3 Å². The first-order chi connectivity index (χ1) is 11.8. The minimum atomic E-state index is -0.564. The molecule has 3 aromatic rings. The normalized spacial score (nSPS) is 11.2. The Balaban J connectivity index is 2.50. The van der Waals surface area contributed by atoms with E-state index in [1.54, 1.807) is 6.07 Å². The second-order valence-electron chi connectivity index (χ2n) is 6.20. The van der Waals surface area contributed by atoms with Gasteiger partial charge in [0.1, 0.15) is 5.75 Å². The van der Waals surface area contributed by atoms with Gasteiger partial charge in [0.05, 0.1) is 27.2 Å². The number of amides is 1. The largest absolute Gasteiger partial charge is 0.508 e. The maximum absolute atomic E-state index is 12.1. The smallest absolute Gasteiger partial charge is 0.252 e. The van der Waals surface area contributed by atoms with Crippen LogP contribution in [0.5, 0.6) is 5.75 Å². The van der Waals surface area contributed by atoms with Crippen molar-refractivity contribution >= 4 is 33.1 Å². The Labute approximate surface area is 150 Å². The van der Waals surface area contributed by atoms with Gasteiger partial charge in [-0.3, -0.25) is 4.79 Å². The van der Waals surface area contributed by atoms with Crippen molar-refractivity contribution in [3.8, 4) is 17.0 Å². The van der Waals surface area contributed by atoms with Gasteiger partial charge in [-0.2, -0.15) is 0 Å². The summed E-state index contributed by atoms with van der Waals surface area (Å²) in [5.74, 6) is -0.399. The van der Waals surface area contributed by atoms with E-state index in [-0.39, 0.29) is 11.4 Å². The summed E-state index contributed by atoms with van der Waals surface area (Å²) in [7, 11) is 0. The number of benzene rings is 1. The van der Waals surface area contributed by atoms with E-state index in [4.69, 9.17) is 16.5 Å². The molecule has 0 fully saturated rings. The molecule has 2 aromatic heterocycles. The van der Waals surface area contributed by atoms with Crippen LogP contribution in [0.25, 0.3) is 21.5 Å². The van der Waals surface area contributed by atoms with Crippen molar-refractivity contribution in [1.82, 2.24) is 4.98 Å². The second kappa shape index (κ2) is 6.04. The summed E-state index contributed by atoms with van der Waals surface area (Å²) in [5.41, 5.74) is 17.2. The molecule has 0 atom stereocenters. The van der Waals surface area contributed by atoms with Gasteiger partial charge in [0.25, 0.3) is 5.91 Å². The summed E-state index contributed by atoms with van der Waals surface area (Å²) in [6, 6.07) is 3.45. The third kappa shape index (κ3) is 2.53. The summed E-state index contributed by atoms with van der Waals surface area (Å²) >= 11 is 1.52. The maximum Gasteiger partial charge on any atom is 0.252 e. The number of anilines is 1. The van der Waals surface area contributed by atoms with Gasteiger partial charge in [-0.1, -0.05) is 13.0 Å². The van der Waals surface area contributed by atoms with Crippen LogP contribution in [-0.2, 0) is 6.42 Å². The van der Waals surface area contributed by atoms with Crippen LogP contribution >= 0.6 is 11.3 Å². The summed E-state index contributed by atoms with van der Waals surface area (Å²) in [5, 5.41) is 10.1. The number of phenols is 1. The molecule has 0 radical (unpaired) electrons. The fraction of sp³-hybridized carbons (Fsp3) is 0.263. The van der Waals surface area contributed by atoms with Crippen LogP contribution in [0.4, 0.5) is 5.69 Å². The molecule has 0 bridgehead atoms. The van der Waals surface area contributed by atoms with Crippen molar-refractivity contribution < 1.29 is 9.90 Å². The Bertz CT molecular complexity index is 1020. The van der Waals surface area contributed by atoms with Crippen LogP contribution in [-0.4, -0.2) is 16.0 Å². The predicted octanol–water partition coefficient (Wildman–Crippen LogP) is 3.84. The molecule has 25 heavy (non-hydrogen) atoms. The molecule has 0 aliphatic carbocycles. The van der Waals surface area contributed by atoms with E-state index < -0.39 is 5.91 Å². The average Bonchev–Trinajstić information content (AvgIpc) is 2.87. The van der Waals surface area contributed by atoms with Gasteiger partial charge in [-0.05, 0) is 44.4 Å². The molecule has 130 valence electrons. The van der Waals surface area contributed by atoms with E-state index in [1.165, 1.54) is 11.3 Å². The first-order valence-corrected chi connectivity index (χ1v) is 8.90. The van der Waals surface area contributed by atoms with E-state index in [9.17, 15) is 9.90 Å². The first kappa shape index (κ1) is 17.2. The SMILES string of the molecule is CCc1sc2c(C(N)=O)c(N)c(-c3c(C)ccc(O)c3C)nc2c1C. The van der Waals surface area contributed by atoms with Gasteiger partial charge < -0.3 is 16.6 Å². The number of nitrogens with zero attached hydrogens (tertiary/aromatic N) is 1. The zero-order valence-corrected chi connectivity index (χ0v) is 15.5. The fourth-order valence-corrected chi connectivity index (χ4v) is 4.49. The van der Waals surface area contributed by atoms with Crippen LogP contribution in [0.2, 0.25) is 0 Å². The molecule has 1 aromatic carbocycles. The Morgan fingerprint density at radius 2 is 1.92 bits per heavy atom. The van der Waals surface area contributed by atoms with Gasteiger partial charge in [-0.25, -0.2) is 4.98 Å². The van der Waals surface area contributed by atoms with Crippen LogP contribution in [0, 0.1) is 20.8 Å². The molecule has 3 rings (SSSR count). The van der Waals surface area contributed by atoms with E-state index in [0.717, 1.165) is 38.2 Å². The van der Waals surface area contributed by atoms with Crippen molar-refractivity contribution in [3.05, 3.63) is 39.3 Å². The number of pyridine rings is 1. The molecule has 0 saturated carbocycles. The van der Waals surface area contributed by atoms with Crippen LogP contribution < -0.4 is 11.5 Å². The fourth-order valence-electron chi connectivity index (χ4n) is 3.24. The third-order valence-corrected chi connectivity index (χ3v) is 6.08. The van der Waals surface area contributed by atoms with Crippen LogP contribution in [0.3, 0.4) is 0 Å². The van der Waals surface area contributed by atoms with Gasteiger partial charge in [0, 0.05) is 16.0 Å². The van der Waals surface area contributed by atoms with Crippen molar-refractivity contribution in [1.29, 1.82) is 0 Å². The van der Waals surface area contributed by atoms with Crippen LogP contribution in [0.1, 0.15) is 38.8 Å². The predicted molar refractivity (Wildman–Crippen MR) is 103 cm³/mol. The number of phenolic OH excluding ortho intramolecular Hbond substituents is 1. The second-order valence-corrected chi connectivity index (χ2v) is 7.30. The standard InChI is InChI=1S/C19H21N3O2S/c1-5-12-10(4)16-18(25-12)14(19(21)24)15(20)17(22-16)13-8(2)6-7-11(23)9(13)3/h6-7,23H,5,20H2,1-4H3,(H2,21,24). The molecule has 0 saturated heterocycles. The number of carbonyl (C=O) groups is 1. The zero-order chi connectivity index (χ0) is 18.5. The lowest BCUT2D eigenvalue weighted by Gasteiger charge is -2.15. The van der Waals surface area contributed by atoms with E-state index in [2.05, 4.69) is 6.92 Å². The zero-order valence-electron chi connectivity index (χ0n) is 14.7. The Kier molecular flexibility index (Phi) is 4.16. The van der Waals surface area contributed by atoms with E-state index in [0.29, 0.717) is 16.8 Å². The molecule has 0 unspecified atom stereocenters. The maximum atomic E-state index is 12.1.